The molecule has 4 nitrogen and oxygen atoms in total. The van der Waals surface area contributed by atoms with Crippen molar-refractivity contribution in [2.45, 2.75) is 5.25 Å². The first kappa shape index (κ1) is 9.84. The molecular weight excluding hydrogens is 228 g/mol. The van der Waals surface area contributed by atoms with E-state index in [1.165, 1.54) is 0 Å². The van der Waals surface area contributed by atoms with E-state index in [0.29, 0.717) is 11.5 Å². The Hall–Kier alpha value is -1.36. The van der Waals surface area contributed by atoms with Crippen molar-refractivity contribution in [2.24, 2.45) is 5.92 Å². The maximum Gasteiger partial charge on any atom is 0.308 e. The number of carbonyl (C=O) groups is 1. The number of aliphatic carboxylic acids is 1. The molecule has 0 amide bonds. The Bertz CT molecular complexity index is 446. The molecule has 1 N–H and O–H groups in total. The van der Waals surface area contributed by atoms with Gasteiger partial charge in [0.1, 0.15) is 0 Å². The molecule has 84 valence electrons. The number of benzene rings is 1. The van der Waals surface area contributed by atoms with E-state index >= 15 is 0 Å². The number of rotatable bonds is 2. The third-order valence-corrected chi connectivity index (χ3v) is 4.37. The smallest absolute Gasteiger partial charge is 0.308 e. The number of fused-ring (bicyclic) bond motifs is 1. The maximum atomic E-state index is 10.9. The van der Waals surface area contributed by atoms with Crippen LogP contribution in [0.2, 0.25) is 0 Å². The lowest BCUT2D eigenvalue weighted by Crippen LogP contribution is -2.30. The normalized spacial score (nSPS) is 26.2. The highest BCUT2D eigenvalue weighted by molar-refractivity contribution is 8.01. The van der Waals surface area contributed by atoms with Crippen LogP contribution in [0, 0.1) is 5.92 Å². The molecule has 1 aromatic carbocycles. The molecule has 0 bridgehead atoms. The van der Waals surface area contributed by atoms with Gasteiger partial charge in [-0.05, 0) is 17.7 Å². The van der Waals surface area contributed by atoms with Gasteiger partial charge in [0.15, 0.2) is 11.5 Å². The van der Waals surface area contributed by atoms with Gasteiger partial charge < -0.3 is 14.6 Å². The van der Waals surface area contributed by atoms with Crippen LogP contribution in [-0.2, 0) is 4.79 Å². The molecule has 0 aliphatic carbocycles. The lowest BCUT2D eigenvalue weighted by Gasteiger charge is -2.33. The Morgan fingerprint density at radius 1 is 1.38 bits per heavy atom. The van der Waals surface area contributed by atoms with Crippen LogP contribution in [0.3, 0.4) is 0 Å². The van der Waals surface area contributed by atoms with Crippen LogP contribution in [0.5, 0.6) is 11.5 Å². The van der Waals surface area contributed by atoms with E-state index in [0.717, 1.165) is 11.3 Å². The van der Waals surface area contributed by atoms with Crippen molar-refractivity contribution in [1.29, 1.82) is 0 Å². The van der Waals surface area contributed by atoms with E-state index in [-0.39, 0.29) is 18.0 Å². The average Bonchev–Trinajstić information content (AvgIpc) is 2.61. The van der Waals surface area contributed by atoms with Gasteiger partial charge in [0.2, 0.25) is 6.79 Å². The first-order chi connectivity index (χ1) is 7.75. The number of carboxylic acids is 1. The zero-order valence-electron chi connectivity index (χ0n) is 8.38. The van der Waals surface area contributed by atoms with E-state index in [1.807, 2.05) is 18.2 Å². The fraction of sp³-hybridized carbons (Fsp3) is 0.364. The molecule has 1 fully saturated rings. The van der Waals surface area contributed by atoms with Crippen LogP contribution in [0.15, 0.2) is 18.2 Å². The van der Waals surface area contributed by atoms with E-state index in [2.05, 4.69) is 0 Å². The highest BCUT2D eigenvalue weighted by Crippen LogP contribution is 2.49. The van der Waals surface area contributed by atoms with E-state index in [9.17, 15) is 4.79 Å². The second kappa shape index (κ2) is 3.59. The Kier molecular flexibility index (Phi) is 2.21. The van der Waals surface area contributed by atoms with Crippen molar-refractivity contribution >= 4 is 17.7 Å². The molecule has 0 saturated carbocycles. The van der Waals surface area contributed by atoms with Crippen molar-refractivity contribution in [1.82, 2.24) is 0 Å². The average molecular weight is 238 g/mol. The third-order valence-electron chi connectivity index (χ3n) is 2.86. The Labute approximate surface area is 96.6 Å². The molecule has 2 aliphatic rings. The first-order valence-electron chi connectivity index (χ1n) is 4.99. The molecule has 2 aliphatic heterocycles. The number of carboxylic acid groups (broad SMARTS) is 1. The summed E-state index contributed by atoms with van der Waals surface area (Å²) in [5.41, 5.74) is 1.01. The van der Waals surface area contributed by atoms with Crippen LogP contribution in [0.4, 0.5) is 0 Å². The van der Waals surface area contributed by atoms with Crippen LogP contribution >= 0.6 is 11.8 Å². The zero-order valence-corrected chi connectivity index (χ0v) is 9.20. The minimum absolute atomic E-state index is 0.0481. The predicted molar refractivity (Wildman–Crippen MR) is 58.9 cm³/mol. The number of hydrogen-bond acceptors (Lipinski definition) is 4. The number of thioether (sulfide) groups is 1. The first-order valence-corrected chi connectivity index (χ1v) is 6.04. The topological polar surface area (TPSA) is 55.8 Å². The van der Waals surface area contributed by atoms with Crippen molar-refractivity contribution in [2.75, 3.05) is 12.5 Å². The van der Waals surface area contributed by atoms with Gasteiger partial charge >= 0.3 is 5.97 Å². The summed E-state index contributed by atoms with van der Waals surface area (Å²) in [7, 11) is 0. The lowest BCUT2D eigenvalue weighted by atomic mass is 9.99. The summed E-state index contributed by atoms with van der Waals surface area (Å²) in [6.07, 6.45) is 0. The largest absolute Gasteiger partial charge is 0.481 e. The minimum atomic E-state index is -0.721. The molecule has 2 heterocycles. The van der Waals surface area contributed by atoms with Gasteiger partial charge in [-0.25, -0.2) is 0 Å². The van der Waals surface area contributed by atoms with Gasteiger partial charge in [-0.3, -0.25) is 4.79 Å². The van der Waals surface area contributed by atoms with Crippen LogP contribution in [0.25, 0.3) is 0 Å². The Morgan fingerprint density at radius 3 is 2.88 bits per heavy atom. The van der Waals surface area contributed by atoms with Gasteiger partial charge in [-0.15, -0.1) is 0 Å². The van der Waals surface area contributed by atoms with Crippen molar-refractivity contribution in [3.63, 3.8) is 0 Å². The maximum absolute atomic E-state index is 10.9. The molecule has 1 saturated heterocycles. The summed E-state index contributed by atoms with van der Waals surface area (Å²) in [6.45, 7) is 0.249. The zero-order chi connectivity index (χ0) is 11.1. The molecule has 1 aromatic rings. The summed E-state index contributed by atoms with van der Waals surface area (Å²) in [6, 6.07) is 5.64. The van der Waals surface area contributed by atoms with Gasteiger partial charge in [0.25, 0.3) is 0 Å². The fourth-order valence-corrected chi connectivity index (χ4v) is 3.08. The highest BCUT2D eigenvalue weighted by Gasteiger charge is 2.39. The summed E-state index contributed by atoms with van der Waals surface area (Å²) >= 11 is 1.66. The van der Waals surface area contributed by atoms with Crippen molar-refractivity contribution < 1.29 is 19.4 Å². The highest BCUT2D eigenvalue weighted by atomic mass is 32.2. The van der Waals surface area contributed by atoms with Gasteiger partial charge in [-0.1, -0.05) is 6.07 Å². The molecule has 16 heavy (non-hydrogen) atoms. The van der Waals surface area contributed by atoms with Crippen LogP contribution < -0.4 is 9.47 Å². The predicted octanol–water partition coefficient (Wildman–Crippen LogP) is 1.90. The quantitative estimate of drug-likeness (QED) is 0.852. The third kappa shape index (κ3) is 1.43. The van der Waals surface area contributed by atoms with Crippen LogP contribution in [0.1, 0.15) is 10.8 Å². The molecule has 2 unspecified atom stereocenters. The van der Waals surface area contributed by atoms with E-state index < -0.39 is 5.97 Å². The monoisotopic (exact) mass is 238 g/mol. The van der Waals surface area contributed by atoms with Crippen molar-refractivity contribution in [3.8, 4) is 11.5 Å². The summed E-state index contributed by atoms with van der Waals surface area (Å²) in [4.78, 5) is 10.9. The Morgan fingerprint density at radius 2 is 2.19 bits per heavy atom. The summed E-state index contributed by atoms with van der Waals surface area (Å²) in [5.74, 6) is 1.15. The second-order valence-corrected chi connectivity index (χ2v) is 4.99. The lowest BCUT2D eigenvalue weighted by molar-refractivity contribution is -0.141. The molecule has 0 radical (unpaired) electrons. The molecule has 5 heteroatoms. The fourth-order valence-electron chi connectivity index (χ4n) is 1.91. The second-order valence-electron chi connectivity index (χ2n) is 3.81. The summed E-state index contributed by atoms with van der Waals surface area (Å²) in [5, 5.41) is 9.04. The number of ether oxygens (including phenoxy) is 2. The van der Waals surface area contributed by atoms with Crippen LogP contribution in [-0.4, -0.2) is 23.6 Å². The molecule has 0 aromatic heterocycles. The SMILES string of the molecule is O=C(O)C1CSC1c1ccc2c(c1)OCO2. The summed E-state index contributed by atoms with van der Waals surface area (Å²) < 4.78 is 10.5. The van der Waals surface area contributed by atoms with Gasteiger partial charge in [-0.2, -0.15) is 11.8 Å². The van der Waals surface area contributed by atoms with Gasteiger partial charge in [0, 0.05) is 11.0 Å². The molecule has 0 spiro atoms. The minimum Gasteiger partial charge on any atom is -0.481 e. The van der Waals surface area contributed by atoms with E-state index in [4.69, 9.17) is 14.6 Å². The standard InChI is InChI=1S/C11H10O4S/c12-11(13)7-4-16-10(7)6-1-2-8-9(3-6)15-5-14-8/h1-3,7,10H,4-5H2,(H,12,13). The van der Waals surface area contributed by atoms with E-state index in [1.54, 1.807) is 11.8 Å². The molecule has 2 atom stereocenters. The molecule has 3 rings (SSSR count). The number of hydrogen-bond donors (Lipinski definition) is 1. The van der Waals surface area contributed by atoms with Crippen molar-refractivity contribution in [3.05, 3.63) is 23.8 Å². The Balaban J connectivity index is 1.87. The molecular formula is C11H10O4S. The van der Waals surface area contributed by atoms with Gasteiger partial charge in [0.05, 0.1) is 5.92 Å².